The molecule has 0 aliphatic heterocycles. The lowest BCUT2D eigenvalue weighted by molar-refractivity contribution is 0.474. The molecule has 2 heteroatoms. The minimum Gasteiger partial charge on any atom is -0.507 e. The van der Waals surface area contributed by atoms with Gasteiger partial charge in [0.05, 0.1) is 5.69 Å². The van der Waals surface area contributed by atoms with Gasteiger partial charge in [0.1, 0.15) is 5.75 Å². The van der Waals surface area contributed by atoms with Gasteiger partial charge in [0.2, 0.25) is 0 Å². The fraction of sp³-hybridized carbons (Fsp3) is 0.316. The zero-order valence-electron chi connectivity index (χ0n) is 12.8. The highest BCUT2D eigenvalue weighted by molar-refractivity contribution is 5.85. The lowest BCUT2D eigenvalue weighted by atomic mass is 10.1. The SMILES string of the molecule is CCCc1ccc(N=Cc2cc(CCC)ccc2O)cc1. The Morgan fingerprint density at radius 2 is 1.52 bits per heavy atom. The molecular weight excluding hydrogens is 258 g/mol. The van der Waals surface area contributed by atoms with Gasteiger partial charge in [0.15, 0.2) is 0 Å². The van der Waals surface area contributed by atoms with Crippen LogP contribution in [0.5, 0.6) is 5.75 Å². The fourth-order valence-electron chi connectivity index (χ4n) is 2.33. The van der Waals surface area contributed by atoms with Crippen molar-refractivity contribution >= 4 is 11.9 Å². The van der Waals surface area contributed by atoms with Crippen LogP contribution in [0.3, 0.4) is 0 Å². The Morgan fingerprint density at radius 3 is 2.19 bits per heavy atom. The molecule has 0 radical (unpaired) electrons. The van der Waals surface area contributed by atoms with Crippen molar-refractivity contribution in [1.82, 2.24) is 0 Å². The summed E-state index contributed by atoms with van der Waals surface area (Å²) in [7, 11) is 0. The number of hydrogen-bond donors (Lipinski definition) is 1. The molecule has 2 rings (SSSR count). The molecule has 0 bridgehead atoms. The van der Waals surface area contributed by atoms with Gasteiger partial charge >= 0.3 is 0 Å². The van der Waals surface area contributed by atoms with Crippen molar-refractivity contribution in [2.75, 3.05) is 0 Å². The van der Waals surface area contributed by atoms with Crippen LogP contribution in [0.4, 0.5) is 5.69 Å². The number of benzene rings is 2. The summed E-state index contributed by atoms with van der Waals surface area (Å²) in [5.74, 6) is 0.279. The van der Waals surface area contributed by atoms with Gasteiger partial charge < -0.3 is 5.11 Å². The Balaban J connectivity index is 2.14. The zero-order valence-corrected chi connectivity index (χ0v) is 12.8. The second-order valence-electron chi connectivity index (χ2n) is 5.32. The number of aliphatic imine (C=N–C) groups is 1. The molecule has 0 unspecified atom stereocenters. The van der Waals surface area contributed by atoms with Crippen molar-refractivity contribution in [2.24, 2.45) is 4.99 Å². The van der Waals surface area contributed by atoms with Crippen molar-refractivity contribution in [3.63, 3.8) is 0 Å². The van der Waals surface area contributed by atoms with E-state index in [9.17, 15) is 5.11 Å². The van der Waals surface area contributed by atoms with Crippen LogP contribution in [0.1, 0.15) is 43.4 Å². The Bertz CT molecular complexity index is 599. The van der Waals surface area contributed by atoms with Crippen LogP contribution in [-0.2, 0) is 12.8 Å². The van der Waals surface area contributed by atoms with Crippen molar-refractivity contribution in [3.8, 4) is 5.75 Å². The number of aromatic hydroxyl groups is 1. The Labute approximate surface area is 127 Å². The van der Waals surface area contributed by atoms with Crippen molar-refractivity contribution in [2.45, 2.75) is 39.5 Å². The minimum atomic E-state index is 0.279. The largest absolute Gasteiger partial charge is 0.507 e. The molecule has 2 aromatic carbocycles. The highest BCUT2D eigenvalue weighted by Gasteiger charge is 2.00. The summed E-state index contributed by atoms with van der Waals surface area (Å²) in [6, 6.07) is 14.0. The first kappa shape index (κ1) is 15.3. The van der Waals surface area contributed by atoms with Crippen LogP contribution in [0.25, 0.3) is 0 Å². The standard InChI is InChI=1S/C19H23NO/c1-3-5-15-7-10-18(11-8-15)20-14-17-13-16(6-4-2)9-12-19(17)21/h7-14,21H,3-6H2,1-2H3. The third-order valence-corrected chi connectivity index (χ3v) is 3.46. The van der Waals surface area contributed by atoms with Gasteiger partial charge in [-0.15, -0.1) is 0 Å². The molecule has 2 aromatic rings. The second kappa shape index (κ2) is 7.63. The van der Waals surface area contributed by atoms with Crippen molar-refractivity contribution < 1.29 is 5.11 Å². The number of rotatable bonds is 6. The van der Waals surface area contributed by atoms with Gasteiger partial charge in [-0.2, -0.15) is 0 Å². The maximum Gasteiger partial charge on any atom is 0.124 e. The summed E-state index contributed by atoms with van der Waals surface area (Å²) >= 11 is 0. The molecule has 2 nitrogen and oxygen atoms in total. The summed E-state index contributed by atoms with van der Waals surface area (Å²) in [5, 5.41) is 9.90. The molecule has 0 saturated carbocycles. The molecule has 1 N–H and O–H groups in total. The van der Waals surface area contributed by atoms with Gasteiger partial charge in [0, 0.05) is 11.8 Å². The lowest BCUT2D eigenvalue weighted by Gasteiger charge is -2.03. The van der Waals surface area contributed by atoms with E-state index >= 15 is 0 Å². The van der Waals surface area contributed by atoms with Gasteiger partial charge in [-0.25, -0.2) is 0 Å². The van der Waals surface area contributed by atoms with E-state index in [4.69, 9.17) is 0 Å². The van der Waals surface area contributed by atoms with Crippen LogP contribution in [-0.4, -0.2) is 11.3 Å². The maximum atomic E-state index is 9.90. The monoisotopic (exact) mass is 281 g/mol. The van der Waals surface area contributed by atoms with Crippen LogP contribution in [0, 0.1) is 0 Å². The molecule has 0 aromatic heterocycles. The van der Waals surface area contributed by atoms with Crippen molar-refractivity contribution in [3.05, 3.63) is 59.2 Å². The molecule has 110 valence electrons. The highest BCUT2D eigenvalue weighted by atomic mass is 16.3. The van der Waals surface area contributed by atoms with Gasteiger partial charge in [0.25, 0.3) is 0 Å². The molecule has 0 fully saturated rings. The highest BCUT2D eigenvalue weighted by Crippen LogP contribution is 2.20. The molecule has 0 amide bonds. The van der Waals surface area contributed by atoms with E-state index in [2.05, 4.69) is 31.0 Å². The lowest BCUT2D eigenvalue weighted by Crippen LogP contribution is -1.88. The van der Waals surface area contributed by atoms with E-state index in [1.54, 1.807) is 12.3 Å². The molecule has 0 spiro atoms. The van der Waals surface area contributed by atoms with Crippen LogP contribution >= 0.6 is 0 Å². The maximum absolute atomic E-state index is 9.90. The Hall–Kier alpha value is -2.09. The first-order valence-electron chi connectivity index (χ1n) is 7.67. The van der Waals surface area contributed by atoms with E-state index in [0.29, 0.717) is 0 Å². The topological polar surface area (TPSA) is 32.6 Å². The third kappa shape index (κ3) is 4.45. The van der Waals surface area contributed by atoms with Crippen LogP contribution < -0.4 is 0 Å². The fourth-order valence-corrected chi connectivity index (χ4v) is 2.33. The predicted octanol–water partition coefficient (Wildman–Crippen LogP) is 5.05. The Morgan fingerprint density at radius 1 is 0.905 bits per heavy atom. The summed E-state index contributed by atoms with van der Waals surface area (Å²) in [6.45, 7) is 4.33. The molecule has 0 aliphatic carbocycles. The van der Waals surface area contributed by atoms with E-state index in [1.165, 1.54) is 11.1 Å². The van der Waals surface area contributed by atoms with Gasteiger partial charge in [-0.05, 0) is 48.2 Å². The smallest absolute Gasteiger partial charge is 0.124 e. The molecule has 0 saturated heterocycles. The van der Waals surface area contributed by atoms with Crippen LogP contribution in [0.15, 0.2) is 47.5 Å². The number of hydrogen-bond acceptors (Lipinski definition) is 2. The summed E-state index contributed by atoms with van der Waals surface area (Å²) in [6.07, 6.45) is 6.11. The summed E-state index contributed by atoms with van der Waals surface area (Å²) in [4.78, 5) is 4.45. The second-order valence-corrected chi connectivity index (χ2v) is 5.32. The van der Waals surface area contributed by atoms with Gasteiger partial charge in [-0.1, -0.05) is 44.9 Å². The quantitative estimate of drug-likeness (QED) is 0.738. The minimum absolute atomic E-state index is 0.279. The number of nitrogens with zero attached hydrogens (tertiary/aromatic N) is 1. The van der Waals surface area contributed by atoms with Crippen molar-refractivity contribution in [1.29, 1.82) is 0 Å². The number of aryl methyl sites for hydroxylation is 2. The zero-order chi connectivity index (χ0) is 15.1. The molecular formula is C19H23NO. The average Bonchev–Trinajstić information content (AvgIpc) is 2.50. The molecule has 0 aliphatic rings. The molecule has 0 heterocycles. The summed E-state index contributed by atoms with van der Waals surface area (Å²) in [5.41, 5.74) is 4.26. The first-order valence-corrected chi connectivity index (χ1v) is 7.67. The molecule has 0 atom stereocenters. The van der Waals surface area contributed by atoms with Gasteiger partial charge in [-0.3, -0.25) is 4.99 Å². The summed E-state index contributed by atoms with van der Waals surface area (Å²) < 4.78 is 0. The normalized spacial score (nSPS) is 11.1. The van der Waals surface area contributed by atoms with Crippen LogP contribution in [0.2, 0.25) is 0 Å². The number of phenols is 1. The third-order valence-electron chi connectivity index (χ3n) is 3.46. The predicted molar refractivity (Wildman–Crippen MR) is 89.8 cm³/mol. The van der Waals surface area contributed by atoms with E-state index in [0.717, 1.165) is 36.9 Å². The Kier molecular flexibility index (Phi) is 5.56. The first-order chi connectivity index (χ1) is 10.2. The van der Waals surface area contributed by atoms with E-state index in [-0.39, 0.29) is 5.75 Å². The molecule has 21 heavy (non-hydrogen) atoms. The average molecular weight is 281 g/mol. The van der Waals surface area contributed by atoms with E-state index < -0.39 is 0 Å². The van der Waals surface area contributed by atoms with E-state index in [1.807, 2.05) is 24.3 Å². The number of phenolic OH excluding ortho intramolecular Hbond substituents is 1.